The molecule has 25 heavy (non-hydrogen) atoms. The number of thiazole rings is 1. The Labute approximate surface area is 148 Å². The van der Waals surface area contributed by atoms with Crippen LogP contribution in [0.5, 0.6) is 11.5 Å². The summed E-state index contributed by atoms with van der Waals surface area (Å²) in [6.07, 6.45) is 3.26. The number of rotatable bonds is 3. The van der Waals surface area contributed by atoms with Crippen molar-refractivity contribution in [2.75, 3.05) is 6.79 Å². The zero-order chi connectivity index (χ0) is 17.2. The lowest BCUT2D eigenvalue weighted by Gasteiger charge is -2.01. The van der Waals surface area contributed by atoms with Gasteiger partial charge < -0.3 is 14.0 Å². The summed E-state index contributed by atoms with van der Waals surface area (Å²) in [6, 6.07) is 13.6. The van der Waals surface area contributed by atoms with Crippen LogP contribution < -0.4 is 14.3 Å². The number of fused-ring (bicyclic) bond motifs is 2. The molecule has 0 saturated carbocycles. The molecule has 0 spiro atoms. The molecule has 5 nitrogen and oxygen atoms in total. The Morgan fingerprint density at radius 3 is 2.76 bits per heavy atom. The molecule has 0 bridgehead atoms. The summed E-state index contributed by atoms with van der Waals surface area (Å²) < 4.78 is 13.9. The van der Waals surface area contributed by atoms with Gasteiger partial charge in [-0.2, -0.15) is 4.99 Å². The summed E-state index contributed by atoms with van der Waals surface area (Å²) in [7, 11) is 0. The molecule has 6 heteroatoms. The third-order valence-corrected chi connectivity index (χ3v) is 4.96. The van der Waals surface area contributed by atoms with Crippen molar-refractivity contribution in [3.05, 3.63) is 58.9 Å². The largest absolute Gasteiger partial charge is 0.454 e. The van der Waals surface area contributed by atoms with E-state index >= 15 is 0 Å². The SMILES string of the molecule is CCn1c(=NC(=O)C=Cc2ccccc2)sc2cc3c(cc21)OCO3. The van der Waals surface area contributed by atoms with Crippen molar-refractivity contribution in [1.29, 1.82) is 0 Å². The first kappa shape index (κ1) is 15.7. The third kappa shape index (κ3) is 3.08. The normalized spacial score (nSPS) is 13.9. The maximum absolute atomic E-state index is 12.2. The quantitative estimate of drug-likeness (QED) is 0.677. The van der Waals surface area contributed by atoms with Gasteiger partial charge in [-0.05, 0) is 18.6 Å². The first-order valence-electron chi connectivity index (χ1n) is 7.99. The fraction of sp³-hybridized carbons (Fsp3) is 0.158. The summed E-state index contributed by atoms with van der Waals surface area (Å²) in [5.41, 5.74) is 1.96. The maximum atomic E-state index is 12.2. The lowest BCUT2D eigenvalue weighted by Crippen LogP contribution is -2.15. The van der Waals surface area contributed by atoms with E-state index in [0.717, 1.165) is 27.3 Å². The van der Waals surface area contributed by atoms with E-state index in [-0.39, 0.29) is 12.7 Å². The maximum Gasteiger partial charge on any atom is 0.272 e. The third-order valence-electron chi connectivity index (χ3n) is 3.92. The van der Waals surface area contributed by atoms with Gasteiger partial charge in [0.2, 0.25) is 6.79 Å². The minimum Gasteiger partial charge on any atom is -0.454 e. The van der Waals surface area contributed by atoms with Crippen LogP contribution in [0.25, 0.3) is 16.3 Å². The number of aromatic nitrogens is 1. The molecular formula is C19H16N2O3S. The molecule has 0 radical (unpaired) electrons. The molecule has 0 unspecified atom stereocenters. The molecule has 1 aliphatic heterocycles. The monoisotopic (exact) mass is 352 g/mol. The second-order valence-corrected chi connectivity index (χ2v) is 6.51. The molecule has 3 aromatic rings. The number of aryl methyl sites for hydroxylation is 1. The van der Waals surface area contributed by atoms with Crippen molar-refractivity contribution >= 4 is 33.5 Å². The number of hydrogen-bond donors (Lipinski definition) is 0. The second-order valence-electron chi connectivity index (χ2n) is 5.50. The number of amides is 1. The van der Waals surface area contributed by atoms with Gasteiger partial charge in [0.05, 0.1) is 10.2 Å². The van der Waals surface area contributed by atoms with Gasteiger partial charge in [-0.1, -0.05) is 41.7 Å². The Bertz CT molecular complexity index is 1030. The van der Waals surface area contributed by atoms with E-state index in [1.807, 2.05) is 54.0 Å². The average molecular weight is 352 g/mol. The summed E-state index contributed by atoms with van der Waals surface area (Å²) in [5.74, 6) is 1.19. The number of ether oxygens (including phenoxy) is 2. The van der Waals surface area contributed by atoms with E-state index in [4.69, 9.17) is 9.47 Å². The highest BCUT2D eigenvalue weighted by atomic mass is 32.1. The predicted molar refractivity (Wildman–Crippen MR) is 97.7 cm³/mol. The van der Waals surface area contributed by atoms with Crippen LogP contribution in [0.2, 0.25) is 0 Å². The Hall–Kier alpha value is -2.86. The molecule has 0 atom stereocenters. The van der Waals surface area contributed by atoms with Gasteiger partial charge in [-0.15, -0.1) is 0 Å². The summed E-state index contributed by atoms with van der Waals surface area (Å²) in [4.78, 5) is 17.2. The first-order chi connectivity index (χ1) is 12.2. The predicted octanol–water partition coefficient (Wildman–Crippen LogP) is 3.59. The van der Waals surface area contributed by atoms with Gasteiger partial charge in [0, 0.05) is 24.8 Å². The van der Waals surface area contributed by atoms with Crippen molar-refractivity contribution in [1.82, 2.24) is 4.57 Å². The molecule has 0 saturated heterocycles. The van der Waals surface area contributed by atoms with E-state index in [2.05, 4.69) is 4.99 Å². The second kappa shape index (κ2) is 6.57. The Kier molecular flexibility index (Phi) is 4.11. The van der Waals surface area contributed by atoms with Crippen LogP contribution >= 0.6 is 11.3 Å². The standard InChI is InChI=1S/C19H16N2O3S/c1-2-21-14-10-15-16(24-12-23-15)11-17(14)25-19(21)20-18(22)9-8-13-6-4-3-5-7-13/h3-11H,2,12H2,1H3. The van der Waals surface area contributed by atoms with Crippen molar-refractivity contribution in [3.63, 3.8) is 0 Å². The van der Waals surface area contributed by atoms with E-state index in [0.29, 0.717) is 11.3 Å². The highest BCUT2D eigenvalue weighted by molar-refractivity contribution is 7.16. The van der Waals surface area contributed by atoms with E-state index in [1.165, 1.54) is 17.4 Å². The molecule has 1 amide bonds. The average Bonchev–Trinajstić information content (AvgIpc) is 3.21. The Balaban J connectivity index is 1.71. The van der Waals surface area contributed by atoms with E-state index in [1.54, 1.807) is 6.08 Å². The fourth-order valence-corrected chi connectivity index (χ4v) is 3.82. The Morgan fingerprint density at radius 1 is 1.24 bits per heavy atom. The number of hydrogen-bond acceptors (Lipinski definition) is 4. The van der Waals surface area contributed by atoms with Crippen molar-refractivity contribution in [3.8, 4) is 11.5 Å². The van der Waals surface area contributed by atoms with Crippen LogP contribution in [0.3, 0.4) is 0 Å². The molecule has 2 heterocycles. The molecule has 126 valence electrons. The number of carbonyl (C=O) groups excluding carboxylic acids is 1. The summed E-state index contributed by atoms with van der Waals surface area (Å²) >= 11 is 1.47. The molecule has 1 aromatic heterocycles. The zero-order valence-corrected chi connectivity index (χ0v) is 14.5. The number of benzene rings is 2. The van der Waals surface area contributed by atoms with Gasteiger partial charge in [-0.3, -0.25) is 4.79 Å². The number of carbonyl (C=O) groups is 1. The van der Waals surface area contributed by atoms with Crippen LogP contribution in [0.15, 0.2) is 53.5 Å². The molecule has 1 aliphatic rings. The first-order valence-corrected chi connectivity index (χ1v) is 8.81. The molecular weight excluding hydrogens is 336 g/mol. The summed E-state index contributed by atoms with van der Waals surface area (Å²) in [6.45, 7) is 2.99. The highest BCUT2D eigenvalue weighted by Crippen LogP contribution is 2.36. The van der Waals surface area contributed by atoms with E-state index in [9.17, 15) is 4.79 Å². The van der Waals surface area contributed by atoms with E-state index < -0.39 is 0 Å². The molecule has 2 aromatic carbocycles. The van der Waals surface area contributed by atoms with Crippen LogP contribution in [0, 0.1) is 0 Å². The highest BCUT2D eigenvalue weighted by Gasteiger charge is 2.17. The lowest BCUT2D eigenvalue weighted by molar-refractivity contribution is -0.113. The topological polar surface area (TPSA) is 52.8 Å². The van der Waals surface area contributed by atoms with Gasteiger partial charge >= 0.3 is 0 Å². The smallest absolute Gasteiger partial charge is 0.272 e. The van der Waals surface area contributed by atoms with Crippen LogP contribution in [-0.4, -0.2) is 17.3 Å². The van der Waals surface area contributed by atoms with Crippen molar-refractivity contribution < 1.29 is 14.3 Å². The summed E-state index contributed by atoms with van der Waals surface area (Å²) in [5, 5.41) is 0. The van der Waals surface area contributed by atoms with Gasteiger partial charge in [0.25, 0.3) is 5.91 Å². The van der Waals surface area contributed by atoms with Gasteiger partial charge in [0.1, 0.15) is 0 Å². The van der Waals surface area contributed by atoms with Crippen LogP contribution in [-0.2, 0) is 11.3 Å². The van der Waals surface area contributed by atoms with Crippen molar-refractivity contribution in [2.24, 2.45) is 4.99 Å². The van der Waals surface area contributed by atoms with Crippen LogP contribution in [0.4, 0.5) is 0 Å². The fourth-order valence-electron chi connectivity index (χ4n) is 2.71. The zero-order valence-electron chi connectivity index (χ0n) is 13.6. The van der Waals surface area contributed by atoms with Crippen LogP contribution in [0.1, 0.15) is 12.5 Å². The Morgan fingerprint density at radius 2 is 2.00 bits per heavy atom. The molecule has 0 aliphatic carbocycles. The molecule has 4 rings (SSSR count). The van der Waals surface area contributed by atoms with Gasteiger partial charge in [-0.25, -0.2) is 0 Å². The lowest BCUT2D eigenvalue weighted by atomic mass is 10.2. The molecule has 0 N–H and O–H groups in total. The minimum atomic E-state index is -0.280. The molecule has 0 fully saturated rings. The van der Waals surface area contributed by atoms with Gasteiger partial charge in [0.15, 0.2) is 16.3 Å². The van der Waals surface area contributed by atoms with Crippen molar-refractivity contribution in [2.45, 2.75) is 13.5 Å². The number of nitrogens with zero attached hydrogens (tertiary/aromatic N) is 2. The minimum absolute atomic E-state index is 0.249.